The Kier molecular flexibility index (Phi) is 7.81. The first kappa shape index (κ1) is 19.9. The minimum atomic E-state index is -1.72. The van der Waals surface area contributed by atoms with Crippen molar-refractivity contribution in [1.29, 1.82) is 0 Å². The van der Waals surface area contributed by atoms with Crippen molar-refractivity contribution in [2.75, 3.05) is 13.2 Å². The van der Waals surface area contributed by atoms with Gasteiger partial charge in [-0.15, -0.1) is 0 Å². The second kappa shape index (κ2) is 8.63. The van der Waals surface area contributed by atoms with Crippen LogP contribution in [-0.4, -0.2) is 44.9 Å². The molecule has 1 unspecified atom stereocenters. The van der Waals surface area contributed by atoms with E-state index in [0.29, 0.717) is 11.0 Å². The molecule has 3 atom stereocenters. The maximum atomic E-state index is 11.6. The van der Waals surface area contributed by atoms with E-state index in [1.54, 1.807) is 13.8 Å². The molecule has 6 nitrogen and oxygen atoms in total. The van der Waals surface area contributed by atoms with Gasteiger partial charge in [0.2, 0.25) is 14.1 Å². The summed E-state index contributed by atoms with van der Waals surface area (Å²) < 4.78 is 13.4. The lowest BCUT2D eigenvalue weighted by atomic mass is 9.96. The molecular formula is C11H14Cl3NO5S2. The quantitative estimate of drug-likeness (QED) is 0.323. The molecule has 0 aromatic heterocycles. The molecule has 0 saturated carbocycles. The molecule has 0 radical (unpaired) electrons. The van der Waals surface area contributed by atoms with Crippen LogP contribution in [0.25, 0.3) is 0 Å². The molecular weight excluding hydrogens is 397 g/mol. The fourth-order valence-electron chi connectivity index (χ4n) is 1.58. The Morgan fingerprint density at radius 2 is 2.09 bits per heavy atom. The zero-order valence-corrected chi connectivity index (χ0v) is 15.5. The minimum absolute atomic E-state index is 0.251. The van der Waals surface area contributed by atoms with Crippen LogP contribution in [0, 0.1) is 5.92 Å². The summed E-state index contributed by atoms with van der Waals surface area (Å²) in [6, 6.07) is 0. The summed E-state index contributed by atoms with van der Waals surface area (Å²) in [5.41, 5.74) is 0. The van der Waals surface area contributed by atoms with E-state index in [2.05, 4.69) is 10.1 Å². The Labute approximate surface area is 152 Å². The van der Waals surface area contributed by atoms with E-state index in [4.69, 9.17) is 56.5 Å². The first-order chi connectivity index (χ1) is 10.1. The number of hydrogen-bond acceptors (Lipinski definition) is 7. The van der Waals surface area contributed by atoms with Crippen LogP contribution in [-0.2, 0) is 19.0 Å². The van der Waals surface area contributed by atoms with E-state index in [-0.39, 0.29) is 11.3 Å². The van der Waals surface area contributed by atoms with Gasteiger partial charge in [-0.3, -0.25) is 4.79 Å². The molecule has 0 aromatic carbocycles. The van der Waals surface area contributed by atoms with E-state index >= 15 is 0 Å². The van der Waals surface area contributed by atoms with Crippen molar-refractivity contribution in [3.05, 3.63) is 0 Å². The summed E-state index contributed by atoms with van der Waals surface area (Å²) in [6.07, 6.45) is -1.74. The molecule has 1 N–H and O–H groups in total. The summed E-state index contributed by atoms with van der Waals surface area (Å²) in [5.74, 6) is -0.817. The van der Waals surface area contributed by atoms with Crippen LogP contribution in [0.5, 0.6) is 0 Å². The molecule has 0 bridgehead atoms. The molecule has 1 rings (SSSR count). The summed E-state index contributed by atoms with van der Waals surface area (Å²) in [6.45, 7) is 3.35. The highest BCUT2D eigenvalue weighted by Crippen LogP contribution is 2.31. The molecule has 1 aliphatic rings. The Hall–Kier alpha value is -0.150. The van der Waals surface area contributed by atoms with Gasteiger partial charge in [-0.2, -0.15) is 0 Å². The number of thioether (sulfide) groups is 1. The van der Waals surface area contributed by atoms with E-state index in [1.165, 1.54) is 11.8 Å². The van der Waals surface area contributed by atoms with Crippen LogP contribution in [0.3, 0.4) is 0 Å². The summed E-state index contributed by atoms with van der Waals surface area (Å²) in [5, 5.41) is 2.32. The van der Waals surface area contributed by atoms with Gasteiger partial charge in [0.15, 0.2) is 0 Å². The number of carbonyl (C=O) groups is 2. The monoisotopic (exact) mass is 409 g/mol. The van der Waals surface area contributed by atoms with Crippen LogP contribution in [0.2, 0.25) is 0 Å². The van der Waals surface area contributed by atoms with Gasteiger partial charge in [-0.1, -0.05) is 46.6 Å². The topological polar surface area (TPSA) is 73.9 Å². The normalized spacial score (nSPS) is 22.1. The van der Waals surface area contributed by atoms with Gasteiger partial charge in [0, 0.05) is 0 Å². The SMILES string of the molecule is CCOC(=S)S[C@H]1NC(=O)[C@@H]1C(C)OC(=O)OCC(Cl)(Cl)Cl. The summed E-state index contributed by atoms with van der Waals surface area (Å²) >= 11 is 22.5. The van der Waals surface area contributed by atoms with E-state index < -0.39 is 28.6 Å². The lowest BCUT2D eigenvalue weighted by molar-refractivity contribution is -0.137. The van der Waals surface area contributed by atoms with Gasteiger partial charge < -0.3 is 19.5 Å². The highest BCUT2D eigenvalue weighted by molar-refractivity contribution is 8.23. The maximum Gasteiger partial charge on any atom is 0.508 e. The van der Waals surface area contributed by atoms with Crippen LogP contribution >= 0.6 is 58.8 Å². The minimum Gasteiger partial charge on any atom is -0.479 e. The fourth-order valence-corrected chi connectivity index (χ4v) is 3.24. The number of alkyl halides is 3. The van der Waals surface area contributed by atoms with Crippen molar-refractivity contribution in [1.82, 2.24) is 5.32 Å². The molecule has 0 aromatic rings. The average Bonchev–Trinajstić information content (AvgIpc) is 2.34. The molecule has 1 amide bonds. The second-order valence-corrected chi connectivity index (χ2v) is 8.49. The maximum absolute atomic E-state index is 11.6. The molecule has 0 spiro atoms. The fraction of sp³-hybridized carbons (Fsp3) is 0.727. The zero-order valence-electron chi connectivity index (χ0n) is 11.6. The number of hydrogen-bond donors (Lipinski definition) is 1. The number of carbonyl (C=O) groups excluding carboxylic acids is 2. The first-order valence-electron chi connectivity index (χ1n) is 6.18. The van der Waals surface area contributed by atoms with E-state index in [0.717, 1.165) is 0 Å². The molecule has 1 fully saturated rings. The van der Waals surface area contributed by atoms with Crippen molar-refractivity contribution < 1.29 is 23.8 Å². The lowest BCUT2D eigenvalue weighted by Gasteiger charge is -2.38. The smallest absolute Gasteiger partial charge is 0.479 e. The predicted molar refractivity (Wildman–Crippen MR) is 89.4 cm³/mol. The van der Waals surface area contributed by atoms with Gasteiger partial charge >= 0.3 is 6.16 Å². The predicted octanol–water partition coefficient (Wildman–Crippen LogP) is 3.03. The third kappa shape index (κ3) is 6.54. The molecule has 1 heterocycles. The molecule has 1 saturated heterocycles. The molecule has 22 heavy (non-hydrogen) atoms. The Bertz CT molecular complexity index is 446. The standard InChI is InChI=1S/C11H14Cl3NO5S2/c1-3-18-10(21)22-8-6(7(16)15-8)5(2)20-9(17)19-4-11(12,13)14/h5-6,8H,3-4H2,1-2H3,(H,15,16)/t5?,6-,8+/m0/s1. The Morgan fingerprint density at radius 1 is 1.45 bits per heavy atom. The zero-order chi connectivity index (χ0) is 16.9. The molecule has 0 aliphatic carbocycles. The van der Waals surface area contributed by atoms with Crippen LogP contribution in [0.4, 0.5) is 4.79 Å². The number of β-lactam (4-membered cyclic amide) rings is 1. The van der Waals surface area contributed by atoms with Crippen LogP contribution in [0.15, 0.2) is 0 Å². The Morgan fingerprint density at radius 3 is 2.59 bits per heavy atom. The largest absolute Gasteiger partial charge is 0.508 e. The van der Waals surface area contributed by atoms with E-state index in [1.807, 2.05) is 0 Å². The van der Waals surface area contributed by atoms with E-state index in [9.17, 15) is 9.59 Å². The number of ether oxygens (including phenoxy) is 3. The second-order valence-electron chi connectivity index (χ2n) is 4.23. The average molecular weight is 411 g/mol. The van der Waals surface area contributed by atoms with Gasteiger partial charge in [0.25, 0.3) is 0 Å². The summed E-state index contributed by atoms with van der Waals surface area (Å²) in [7, 11) is 0. The van der Waals surface area contributed by atoms with Crippen molar-refractivity contribution in [2.24, 2.45) is 5.92 Å². The number of amides is 1. The molecule has 126 valence electrons. The lowest BCUT2D eigenvalue weighted by Crippen LogP contribution is -2.61. The number of rotatable bonds is 5. The van der Waals surface area contributed by atoms with Crippen molar-refractivity contribution in [3.8, 4) is 0 Å². The molecule has 11 heteroatoms. The Balaban J connectivity index is 2.45. The van der Waals surface area contributed by atoms with Crippen LogP contribution in [0.1, 0.15) is 13.8 Å². The van der Waals surface area contributed by atoms with Gasteiger partial charge in [0.05, 0.1) is 12.0 Å². The van der Waals surface area contributed by atoms with Gasteiger partial charge in [-0.05, 0) is 26.1 Å². The number of halogens is 3. The number of nitrogens with one attached hydrogen (secondary N) is 1. The number of thiocarbonyl (C=S) groups is 1. The van der Waals surface area contributed by atoms with Gasteiger partial charge in [-0.25, -0.2) is 4.79 Å². The molecule has 1 aliphatic heterocycles. The van der Waals surface area contributed by atoms with Crippen LogP contribution < -0.4 is 5.32 Å². The van der Waals surface area contributed by atoms with Gasteiger partial charge in [0.1, 0.15) is 18.6 Å². The third-order valence-electron chi connectivity index (χ3n) is 2.54. The first-order valence-corrected chi connectivity index (χ1v) is 8.60. The van der Waals surface area contributed by atoms with Crippen molar-refractivity contribution in [2.45, 2.75) is 29.1 Å². The highest BCUT2D eigenvalue weighted by atomic mass is 35.6. The highest BCUT2D eigenvalue weighted by Gasteiger charge is 2.46. The summed E-state index contributed by atoms with van der Waals surface area (Å²) in [4.78, 5) is 23.1. The third-order valence-corrected chi connectivity index (χ3v) is 4.25. The van der Waals surface area contributed by atoms with Crippen molar-refractivity contribution >= 4 is 75.2 Å². The van der Waals surface area contributed by atoms with Crippen molar-refractivity contribution in [3.63, 3.8) is 0 Å².